The fourth-order valence-corrected chi connectivity index (χ4v) is 2.71. The third-order valence-electron chi connectivity index (χ3n) is 4.00. The monoisotopic (exact) mass is 326 g/mol. The number of morpholine rings is 1. The van der Waals surface area contributed by atoms with Crippen LogP contribution < -0.4 is 16.0 Å². The minimum Gasteiger partial charge on any atom is -0.399 e. The van der Waals surface area contributed by atoms with Crippen LogP contribution in [0.1, 0.15) is 11.1 Å². The molecular weight excluding hydrogens is 304 g/mol. The lowest BCUT2D eigenvalue weighted by atomic mass is 10.1. The Balaban J connectivity index is 1.59. The van der Waals surface area contributed by atoms with Gasteiger partial charge in [-0.05, 0) is 23.8 Å². The molecule has 0 bridgehead atoms. The first kappa shape index (κ1) is 16.3. The molecule has 3 N–H and O–H groups in total. The maximum atomic E-state index is 12.2. The van der Waals surface area contributed by atoms with Crippen LogP contribution in [-0.2, 0) is 22.5 Å². The number of benzene rings is 1. The van der Waals surface area contributed by atoms with Gasteiger partial charge in [0, 0.05) is 37.1 Å². The second-order valence-corrected chi connectivity index (χ2v) is 5.78. The molecule has 0 atom stereocenters. The lowest BCUT2D eigenvalue weighted by molar-refractivity contribution is -0.120. The number of nitrogens with zero attached hydrogens (tertiary/aromatic N) is 2. The van der Waals surface area contributed by atoms with E-state index in [2.05, 4.69) is 15.2 Å². The molecule has 1 aliphatic heterocycles. The third-order valence-corrected chi connectivity index (χ3v) is 4.00. The van der Waals surface area contributed by atoms with Crippen molar-refractivity contribution in [3.05, 3.63) is 53.7 Å². The number of hydrogen-bond donors (Lipinski definition) is 2. The molecule has 1 saturated heterocycles. The molecule has 1 amide bonds. The van der Waals surface area contributed by atoms with Crippen LogP contribution in [0.4, 0.5) is 11.5 Å². The van der Waals surface area contributed by atoms with Crippen LogP contribution in [-0.4, -0.2) is 37.2 Å². The number of nitrogens with two attached hydrogens (primary N) is 1. The Labute approximate surface area is 141 Å². The minimum absolute atomic E-state index is 0.0171. The van der Waals surface area contributed by atoms with Crippen LogP contribution in [0.2, 0.25) is 0 Å². The number of amides is 1. The van der Waals surface area contributed by atoms with E-state index in [0.29, 0.717) is 31.9 Å². The van der Waals surface area contributed by atoms with Crippen molar-refractivity contribution in [3.8, 4) is 0 Å². The zero-order chi connectivity index (χ0) is 16.8. The van der Waals surface area contributed by atoms with Crippen LogP contribution in [0.15, 0.2) is 42.6 Å². The van der Waals surface area contributed by atoms with Crippen molar-refractivity contribution in [1.29, 1.82) is 0 Å². The number of ether oxygens (including phenoxy) is 1. The molecule has 2 heterocycles. The number of hydrogen-bond acceptors (Lipinski definition) is 5. The zero-order valence-corrected chi connectivity index (χ0v) is 13.6. The van der Waals surface area contributed by atoms with E-state index in [1.54, 1.807) is 18.3 Å². The maximum absolute atomic E-state index is 12.2. The summed E-state index contributed by atoms with van der Waals surface area (Å²) in [5.74, 6) is 0.908. The summed E-state index contributed by atoms with van der Waals surface area (Å²) in [5, 5.41) is 2.97. The Kier molecular flexibility index (Phi) is 5.28. The highest BCUT2D eigenvalue weighted by molar-refractivity contribution is 5.78. The number of carbonyl (C=O) groups excluding carboxylic acids is 1. The number of anilines is 2. The van der Waals surface area contributed by atoms with E-state index >= 15 is 0 Å². The van der Waals surface area contributed by atoms with Gasteiger partial charge in [0.1, 0.15) is 5.82 Å². The van der Waals surface area contributed by atoms with Crippen molar-refractivity contribution >= 4 is 17.4 Å². The minimum atomic E-state index is -0.0171. The van der Waals surface area contributed by atoms with Gasteiger partial charge in [-0.25, -0.2) is 4.98 Å². The van der Waals surface area contributed by atoms with E-state index in [9.17, 15) is 4.79 Å². The number of rotatable bonds is 5. The van der Waals surface area contributed by atoms with Gasteiger partial charge >= 0.3 is 0 Å². The molecule has 0 saturated carbocycles. The Morgan fingerprint density at radius 3 is 2.71 bits per heavy atom. The summed E-state index contributed by atoms with van der Waals surface area (Å²) >= 11 is 0. The van der Waals surface area contributed by atoms with E-state index in [0.717, 1.165) is 30.0 Å². The maximum Gasteiger partial charge on any atom is 0.224 e. The van der Waals surface area contributed by atoms with E-state index in [-0.39, 0.29) is 5.91 Å². The summed E-state index contributed by atoms with van der Waals surface area (Å²) in [6.45, 7) is 3.53. The first-order valence-corrected chi connectivity index (χ1v) is 8.10. The molecule has 0 spiro atoms. The highest BCUT2D eigenvalue weighted by Crippen LogP contribution is 2.18. The quantitative estimate of drug-likeness (QED) is 0.811. The van der Waals surface area contributed by atoms with Gasteiger partial charge in [-0.3, -0.25) is 4.79 Å². The van der Waals surface area contributed by atoms with Crippen molar-refractivity contribution in [2.75, 3.05) is 36.9 Å². The van der Waals surface area contributed by atoms with Crippen LogP contribution in [0.5, 0.6) is 0 Å². The second kappa shape index (κ2) is 7.79. The topological polar surface area (TPSA) is 80.5 Å². The molecule has 6 heteroatoms. The predicted octanol–water partition coefficient (Wildman–Crippen LogP) is 1.36. The van der Waals surface area contributed by atoms with Crippen molar-refractivity contribution in [1.82, 2.24) is 10.3 Å². The van der Waals surface area contributed by atoms with Gasteiger partial charge in [-0.2, -0.15) is 0 Å². The SMILES string of the molecule is Nc1ccc(CC(=O)NCc2cccnc2N2CCOCC2)cc1. The van der Waals surface area contributed by atoms with Crippen LogP contribution in [0.25, 0.3) is 0 Å². The van der Waals surface area contributed by atoms with E-state index in [1.807, 2.05) is 24.3 Å². The average Bonchev–Trinajstić information content (AvgIpc) is 2.63. The first-order chi connectivity index (χ1) is 11.7. The number of nitrogen functional groups attached to an aromatic ring is 1. The Morgan fingerprint density at radius 2 is 1.96 bits per heavy atom. The van der Waals surface area contributed by atoms with Gasteiger partial charge in [0.2, 0.25) is 5.91 Å². The Bertz CT molecular complexity index is 682. The molecule has 3 rings (SSSR count). The average molecular weight is 326 g/mol. The second-order valence-electron chi connectivity index (χ2n) is 5.78. The van der Waals surface area contributed by atoms with Gasteiger partial charge in [-0.15, -0.1) is 0 Å². The van der Waals surface area contributed by atoms with Gasteiger partial charge in [0.05, 0.1) is 19.6 Å². The molecule has 126 valence electrons. The van der Waals surface area contributed by atoms with E-state index in [1.165, 1.54) is 0 Å². The number of aromatic nitrogens is 1. The largest absolute Gasteiger partial charge is 0.399 e. The normalized spacial score (nSPS) is 14.4. The summed E-state index contributed by atoms with van der Waals surface area (Å²) in [6.07, 6.45) is 2.12. The number of pyridine rings is 1. The molecular formula is C18H22N4O2. The van der Waals surface area contributed by atoms with Gasteiger partial charge in [0.15, 0.2) is 0 Å². The lowest BCUT2D eigenvalue weighted by Crippen LogP contribution is -2.38. The third kappa shape index (κ3) is 4.23. The standard InChI is InChI=1S/C18H22N4O2/c19-16-5-3-14(4-6-16)12-17(23)21-13-15-2-1-7-20-18(15)22-8-10-24-11-9-22/h1-7H,8-13,19H2,(H,21,23). The molecule has 0 aliphatic carbocycles. The van der Waals surface area contributed by atoms with Crippen LogP contribution >= 0.6 is 0 Å². The summed E-state index contributed by atoms with van der Waals surface area (Å²) < 4.78 is 5.39. The molecule has 2 aromatic rings. The molecule has 1 aliphatic rings. The molecule has 0 unspecified atom stereocenters. The molecule has 1 aromatic carbocycles. The number of nitrogens with one attached hydrogen (secondary N) is 1. The molecule has 6 nitrogen and oxygen atoms in total. The van der Waals surface area contributed by atoms with Crippen molar-refractivity contribution in [3.63, 3.8) is 0 Å². The van der Waals surface area contributed by atoms with Crippen molar-refractivity contribution in [2.45, 2.75) is 13.0 Å². The summed E-state index contributed by atoms with van der Waals surface area (Å²) in [5.41, 5.74) is 8.32. The summed E-state index contributed by atoms with van der Waals surface area (Å²) in [4.78, 5) is 18.8. The molecule has 24 heavy (non-hydrogen) atoms. The summed E-state index contributed by atoms with van der Waals surface area (Å²) in [7, 11) is 0. The fraction of sp³-hybridized carbons (Fsp3) is 0.333. The lowest BCUT2D eigenvalue weighted by Gasteiger charge is -2.29. The van der Waals surface area contributed by atoms with Crippen LogP contribution in [0, 0.1) is 0 Å². The van der Waals surface area contributed by atoms with E-state index in [4.69, 9.17) is 10.5 Å². The van der Waals surface area contributed by atoms with E-state index < -0.39 is 0 Å². The van der Waals surface area contributed by atoms with Crippen molar-refractivity contribution in [2.24, 2.45) is 0 Å². The smallest absolute Gasteiger partial charge is 0.224 e. The summed E-state index contributed by atoms with van der Waals surface area (Å²) in [6, 6.07) is 11.3. The highest BCUT2D eigenvalue weighted by atomic mass is 16.5. The molecule has 0 radical (unpaired) electrons. The Morgan fingerprint density at radius 1 is 1.21 bits per heavy atom. The van der Waals surface area contributed by atoms with Gasteiger partial charge < -0.3 is 20.7 Å². The van der Waals surface area contributed by atoms with Gasteiger partial charge in [0.25, 0.3) is 0 Å². The first-order valence-electron chi connectivity index (χ1n) is 8.10. The molecule has 1 aromatic heterocycles. The zero-order valence-electron chi connectivity index (χ0n) is 13.6. The fourth-order valence-electron chi connectivity index (χ4n) is 2.71. The van der Waals surface area contributed by atoms with Crippen LogP contribution in [0.3, 0.4) is 0 Å². The Hall–Kier alpha value is -2.60. The van der Waals surface area contributed by atoms with Gasteiger partial charge in [-0.1, -0.05) is 18.2 Å². The number of carbonyl (C=O) groups is 1. The predicted molar refractivity (Wildman–Crippen MR) is 93.7 cm³/mol. The highest BCUT2D eigenvalue weighted by Gasteiger charge is 2.16. The van der Waals surface area contributed by atoms with Crippen molar-refractivity contribution < 1.29 is 9.53 Å². The molecule has 1 fully saturated rings.